The number of nitrogens with zero attached hydrogens (tertiary/aromatic N) is 4. The molecule has 7 heteroatoms. The van der Waals surface area contributed by atoms with Gasteiger partial charge in [-0.15, -0.1) is 11.3 Å². The summed E-state index contributed by atoms with van der Waals surface area (Å²) in [5.41, 5.74) is 2.86. The fraction of sp³-hybridized carbons (Fsp3) is 0.353. The van der Waals surface area contributed by atoms with Crippen molar-refractivity contribution in [2.75, 3.05) is 7.11 Å². The van der Waals surface area contributed by atoms with Crippen LogP contribution in [0.3, 0.4) is 0 Å². The molecule has 0 bridgehead atoms. The van der Waals surface area contributed by atoms with E-state index in [1.807, 2.05) is 18.3 Å². The Morgan fingerprint density at radius 2 is 2.42 bits per heavy atom. The molecule has 24 heavy (non-hydrogen) atoms. The highest BCUT2D eigenvalue weighted by atomic mass is 32.1. The van der Waals surface area contributed by atoms with Crippen molar-refractivity contribution in [1.29, 1.82) is 5.26 Å². The lowest BCUT2D eigenvalue weighted by Crippen LogP contribution is -2.21. The van der Waals surface area contributed by atoms with Crippen LogP contribution in [-0.2, 0) is 0 Å². The largest absolute Gasteiger partial charge is 0.481 e. The molecule has 1 fully saturated rings. The minimum Gasteiger partial charge on any atom is -0.481 e. The predicted molar refractivity (Wildman–Crippen MR) is 95.8 cm³/mol. The third-order valence-corrected chi connectivity index (χ3v) is 5.63. The van der Waals surface area contributed by atoms with Gasteiger partial charge in [0, 0.05) is 16.9 Å². The molecule has 0 spiro atoms. The van der Waals surface area contributed by atoms with Crippen LogP contribution in [0.4, 0.5) is 0 Å². The van der Waals surface area contributed by atoms with Gasteiger partial charge in [-0.3, -0.25) is 0 Å². The fourth-order valence-electron chi connectivity index (χ4n) is 3.49. The van der Waals surface area contributed by atoms with Gasteiger partial charge in [0.15, 0.2) is 5.65 Å². The van der Waals surface area contributed by atoms with Crippen LogP contribution >= 0.6 is 11.3 Å². The van der Waals surface area contributed by atoms with Crippen molar-refractivity contribution in [3.8, 4) is 22.3 Å². The number of rotatable bonds is 3. The molecule has 1 aliphatic heterocycles. The van der Waals surface area contributed by atoms with Gasteiger partial charge in [-0.1, -0.05) is 25.1 Å². The van der Waals surface area contributed by atoms with Crippen molar-refractivity contribution in [3.63, 3.8) is 0 Å². The Balaban J connectivity index is 1.82. The van der Waals surface area contributed by atoms with E-state index >= 15 is 0 Å². The normalized spacial score (nSPS) is 17.8. The Bertz CT molecular complexity index is 899. The number of aromatic nitrogens is 3. The van der Waals surface area contributed by atoms with Crippen LogP contribution in [0.5, 0.6) is 5.88 Å². The monoisotopic (exact) mass is 336 g/mol. The smallest absolute Gasteiger partial charge is 0.268 e. The summed E-state index contributed by atoms with van der Waals surface area (Å²) in [5.74, 6) is 3.43. The molecule has 5 nitrogen and oxygen atoms in total. The van der Waals surface area contributed by atoms with Gasteiger partial charge < -0.3 is 4.74 Å². The van der Waals surface area contributed by atoms with Gasteiger partial charge in [0.05, 0.1) is 24.6 Å². The first-order valence-corrected chi connectivity index (χ1v) is 9.04. The summed E-state index contributed by atoms with van der Waals surface area (Å²) in [6.07, 6.45) is 5.88. The third kappa shape index (κ3) is 2.57. The molecule has 4 rings (SSSR count). The zero-order valence-corrected chi connectivity index (χ0v) is 14.3. The van der Waals surface area contributed by atoms with Crippen LogP contribution in [0.2, 0.25) is 12.6 Å². The van der Waals surface area contributed by atoms with Crippen molar-refractivity contribution < 1.29 is 4.74 Å². The molecule has 0 aromatic carbocycles. The van der Waals surface area contributed by atoms with Gasteiger partial charge in [0.25, 0.3) is 6.71 Å². The number of methoxy groups -OCH3 is 1. The summed E-state index contributed by atoms with van der Waals surface area (Å²) < 4.78 is 7.29. The van der Waals surface area contributed by atoms with E-state index in [0.29, 0.717) is 11.8 Å². The number of hydrogen-bond acceptors (Lipinski definition) is 5. The Morgan fingerprint density at radius 3 is 3.17 bits per heavy atom. The van der Waals surface area contributed by atoms with Crippen LogP contribution in [0.15, 0.2) is 29.8 Å². The first-order chi connectivity index (χ1) is 11.8. The average Bonchev–Trinajstić information content (AvgIpc) is 3.30. The third-order valence-electron chi connectivity index (χ3n) is 4.73. The van der Waals surface area contributed by atoms with Gasteiger partial charge >= 0.3 is 0 Å². The zero-order chi connectivity index (χ0) is 16.5. The van der Waals surface area contributed by atoms with Crippen LogP contribution in [0, 0.1) is 11.2 Å². The Kier molecular flexibility index (Phi) is 3.99. The number of thiophene rings is 1. The van der Waals surface area contributed by atoms with Crippen molar-refractivity contribution in [1.82, 2.24) is 14.6 Å². The summed E-state index contributed by atoms with van der Waals surface area (Å²) in [7, 11) is 1.66. The first-order valence-electron chi connectivity index (χ1n) is 8.16. The van der Waals surface area contributed by atoms with E-state index in [1.165, 1.54) is 0 Å². The van der Waals surface area contributed by atoms with E-state index in [9.17, 15) is 5.26 Å². The van der Waals surface area contributed by atoms with E-state index in [-0.39, 0.29) is 6.71 Å². The molecule has 0 N–H and O–H groups in total. The second-order valence-electron chi connectivity index (χ2n) is 6.18. The van der Waals surface area contributed by atoms with E-state index in [1.54, 1.807) is 23.0 Å². The van der Waals surface area contributed by atoms with Gasteiger partial charge in [-0.2, -0.15) is 9.61 Å². The van der Waals surface area contributed by atoms with Crippen molar-refractivity contribution >= 4 is 23.7 Å². The summed E-state index contributed by atoms with van der Waals surface area (Å²) >= 11 is 1.68. The van der Waals surface area contributed by atoms with E-state index in [2.05, 4.69) is 22.5 Å². The van der Waals surface area contributed by atoms with E-state index in [0.717, 1.165) is 47.3 Å². The molecule has 120 valence electrons. The fourth-order valence-corrected chi connectivity index (χ4v) is 4.22. The highest BCUT2D eigenvalue weighted by molar-refractivity contribution is 7.13. The van der Waals surface area contributed by atoms with E-state index in [4.69, 9.17) is 9.72 Å². The highest BCUT2D eigenvalue weighted by Crippen LogP contribution is 2.36. The Morgan fingerprint density at radius 1 is 1.50 bits per heavy atom. The molecule has 1 atom stereocenters. The summed E-state index contributed by atoms with van der Waals surface area (Å²) in [4.78, 5) is 6.06. The second-order valence-corrected chi connectivity index (χ2v) is 7.13. The highest BCUT2D eigenvalue weighted by Gasteiger charge is 2.28. The molecule has 3 aromatic heterocycles. The quantitative estimate of drug-likeness (QED) is 0.681. The maximum absolute atomic E-state index is 9.26. The predicted octanol–water partition coefficient (Wildman–Crippen LogP) is 3.90. The van der Waals surface area contributed by atoms with Gasteiger partial charge in [0.1, 0.15) is 0 Å². The van der Waals surface area contributed by atoms with Gasteiger partial charge in [0.2, 0.25) is 5.88 Å². The SMILES string of the molecule is COc1cc(C2CCCB(C#N)C2)nc2c(-c3cccs3)cnn12. The van der Waals surface area contributed by atoms with E-state index < -0.39 is 0 Å². The lowest BCUT2D eigenvalue weighted by molar-refractivity contribution is 0.383. The molecule has 3 aromatic rings. The minimum atomic E-state index is 0.134. The Hall–Kier alpha value is -2.33. The standard InChI is InChI=1S/C17H17BN4OS/c1-23-16-8-14(12-4-2-6-18(9-12)11-19)21-17-13(10-20-22(16)17)15-5-3-7-24-15/h3,5,7-8,10,12H,2,4,6,9H2,1H3. The second kappa shape index (κ2) is 6.29. The number of ether oxygens (including phenoxy) is 1. The average molecular weight is 336 g/mol. The zero-order valence-electron chi connectivity index (χ0n) is 13.5. The topological polar surface area (TPSA) is 63.2 Å². The molecule has 0 radical (unpaired) electrons. The first kappa shape index (κ1) is 15.2. The summed E-state index contributed by atoms with van der Waals surface area (Å²) in [6.45, 7) is 0.134. The lowest BCUT2D eigenvalue weighted by Gasteiger charge is -2.23. The number of fused-ring (bicyclic) bond motifs is 1. The molecule has 1 aliphatic rings. The maximum Gasteiger partial charge on any atom is 0.268 e. The van der Waals surface area contributed by atoms with Crippen molar-refractivity contribution in [2.24, 2.45) is 0 Å². The number of hydrogen-bond donors (Lipinski definition) is 0. The Labute approximate surface area is 145 Å². The summed E-state index contributed by atoms with van der Waals surface area (Å²) in [6, 6.07) is 6.08. The molecule has 1 unspecified atom stereocenters. The maximum atomic E-state index is 9.26. The molecule has 0 saturated carbocycles. The van der Waals surface area contributed by atoms with Crippen molar-refractivity contribution in [3.05, 3.63) is 35.5 Å². The molecule has 4 heterocycles. The molecule has 0 amide bonds. The van der Waals surface area contributed by atoms with Gasteiger partial charge in [-0.25, -0.2) is 10.2 Å². The number of nitriles is 1. The minimum absolute atomic E-state index is 0.134. The molecular formula is C17H17BN4OS. The van der Waals surface area contributed by atoms with Crippen LogP contribution in [-0.4, -0.2) is 28.4 Å². The van der Waals surface area contributed by atoms with Gasteiger partial charge in [-0.05, 0) is 23.8 Å². The molecule has 1 saturated heterocycles. The van der Waals surface area contributed by atoms with Crippen LogP contribution in [0.25, 0.3) is 16.1 Å². The lowest BCUT2D eigenvalue weighted by atomic mass is 9.41. The molecular weight excluding hydrogens is 319 g/mol. The van der Waals surface area contributed by atoms with Crippen LogP contribution < -0.4 is 4.74 Å². The summed E-state index contributed by atoms with van der Waals surface area (Å²) in [5, 5.41) is 15.8. The van der Waals surface area contributed by atoms with Crippen LogP contribution in [0.1, 0.15) is 24.5 Å². The van der Waals surface area contributed by atoms with Crippen molar-refractivity contribution in [2.45, 2.75) is 31.4 Å². The molecule has 0 aliphatic carbocycles.